The largest absolute Gasteiger partial charge is 0.462 e. The Balaban J connectivity index is 1.62. The lowest BCUT2D eigenvalue weighted by atomic mass is 9.77. The molecule has 1 N–H and O–H groups in total. The summed E-state index contributed by atoms with van der Waals surface area (Å²) in [6.07, 6.45) is 2.25. The Bertz CT molecular complexity index is 1010. The van der Waals surface area contributed by atoms with Gasteiger partial charge in [-0.3, -0.25) is 0 Å². The quantitative estimate of drug-likeness (QED) is 0.579. The molecule has 0 spiro atoms. The van der Waals surface area contributed by atoms with Gasteiger partial charge >= 0.3 is 5.97 Å². The molecule has 0 amide bonds. The minimum absolute atomic E-state index is 0.0450. The fraction of sp³-hybridized carbons (Fsp3) is 0.348. The van der Waals surface area contributed by atoms with E-state index in [1.54, 1.807) is 0 Å². The van der Waals surface area contributed by atoms with Gasteiger partial charge in [0.15, 0.2) is 0 Å². The van der Waals surface area contributed by atoms with Crippen LogP contribution in [0.15, 0.2) is 48.5 Å². The zero-order valence-electron chi connectivity index (χ0n) is 15.8. The Morgan fingerprint density at radius 1 is 1.25 bits per heavy atom. The second-order valence-electron chi connectivity index (χ2n) is 7.40. The number of anilines is 1. The zero-order valence-corrected chi connectivity index (χ0v) is 16.6. The fourth-order valence-electron chi connectivity index (χ4n) is 4.58. The van der Waals surface area contributed by atoms with Gasteiger partial charge in [-0.15, -0.1) is 11.3 Å². The van der Waals surface area contributed by atoms with Gasteiger partial charge in [-0.1, -0.05) is 30.3 Å². The molecule has 0 saturated carbocycles. The number of carbonyl (C=O) groups is 1. The summed E-state index contributed by atoms with van der Waals surface area (Å²) < 4.78 is 12.6. The van der Waals surface area contributed by atoms with Crippen LogP contribution in [-0.4, -0.2) is 19.2 Å². The smallest absolute Gasteiger partial charge is 0.348 e. The van der Waals surface area contributed by atoms with Crippen LogP contribution in [0, 0.1) is 5.92 Å². The van der Waals surface area contributed by atoms with E-state index in [2.05, 4.69) is 47.8 Å². The van der Waals surface area contributed by atoms with Crippen LogP contribution in [0.3, 0.4) is 0 Å². The SMILES string of the molecule is CCOC(=O)c1cc2c3c(ccc2s1)NC(c1ccccc1)C1CCCOC31. The molecule has 3 unspecified atom stereocenters. The molecular weight excluding hydrogens is 370 g/mol. The zero-order chi connectivity index (χ0) is 19.1. The highest BCUT2D eigenvalue weighted by Crippen LogP contribution is 2.51. The average molecular weight is 394 g/mol. The van der Waals surface area contributed by atoms with Crippen LogP contribution >= 0.6 is 11.3 Å². The summed E-state index contributed by atoms with van der Waals surface area (Å²) in [6, 6.07) is 17.1. The van der Waals surface area contributed by atoms with Gasteiger partial charge in [0.2, 0.25) is 0 Å². The normalized spacial score (nSPS) is 23.5. The van der Waals surface area contributed by atoms with Gasteiger partial charge in [-0.2, -0.15) is 0 Å². The number of ether oxygens (including phenoxy) is 2. The molecular formula is C23H23NO3S. The fourth-order valence-corrected chi connectivity index (χ4v) is 5.55. The summed E-state index contributed by atoms with van der Waals surface area (Å²) in [5.41, 5.74) is 3.60. The third-order valence-electron chi connectivity index (χ3n) is 5.77. The van der Waals surface area contributed by atoms with E-state index in [9.17, 15) is 4.79 Å². The summed E-state index contributed by atoms with van der Waals surface area (Å²) in [5, 5.41) is 4.89. The molecule has 3 atom stereocenters. The summed E-state index contributed by atoms with van der Waals surface area (Å²) in [7, 11) is 0. The number of benzene rings is 2. The van der Waals surface area contributed by atoms with Crippen molar-refractivity contribution in [3.8, 4) is 0 Å². The Hall–Kier alpha value is -2.37. The van der Waals surface area contributed by atoms with Crippen molar-refractivity contribution in [3.63, 3.8) is 0 Å². The minimum atomic E-state index is -0.246. The Morgan fingerprint density at radius 2 is 2.11 bits per heavy atom. The maximum Gasteiger partial charge on any atom is 0.348 e. The molecule has 5 heteroatoms. The van der Waals surface area contributed by atoms with Gasteiger partial charge in [0.1, 0.15) is 4.88 Å². The maximum atomic E-state index is 12.2. The Labute approximate surface area is 168 Å². The van der Waals surface area contributed by atoms with Crippen molar-refractivity contribution >= 4 is 33.1 Å². The number of rotatable bonds is 3. The monoisotopic (exact) mass is 393 g/mol. The second kappa shape index (κ2) is 7.22. The average Bonchev–Trinajstić information content (AvgIpc) is 3.18. The molecule has 2 aliphatic heterocycles. The lowest BCUT2D eigenvalue weighted by Gasteiger charge is -2.43. The van der Waals surface area contributed by atoms with E-state index in [0.717, 1.165) is 35.2 Å². The van der Waals surface area contributed by atoms with E-state index < -0.39 is 0 Å². The van der Waals surface area contributed by atoms with Gasteiger partial charge in [0, 0.05) is 33.9 Å². The van der Waals surface area contributed by atoms with Gasteiger partial charge in [-0.25, -0.2) is 4.79 Å². The third-order valence-corrected chi connectivity index (χ3v) is 6.85. The van der Waals surface area contributed by atoms with Crippen LogP contribution in [0.4, 0.5) is 5.69 Å². The molecule has 3 aromatic rings. The minimum Gasteiger partial charge on any atom is -0.462 e. The molecule has 0 radical (unpaired) electrons. The molecule has 0 bridgehead atoms. The Kier molecular flexibility index (Phi) is 4.57. The Morgan fingerprint density at radius 3 is 2.93 bits per heavy atom. The van der Waals surface area contributed by atoms with Crippen molar-refractivity contribution in [1.29, 1.82) is 0 Å². The number of hydrogen-bond acceptors (Lipinski definition) is 5. The molecule has 2 aromatic carbocycles. The number of thiophene rings is 1. The van der Waals surface area contributed by atoms with Crippen molar-refractivity contribution < 1.29 is 14.3 Å². The standard InChI is InChI=1S/C23H23NO3S/c1-2-26-23(25)19-13-16-18(28-19)11-10-17-20(16)22-15(9-6-12-27-22)21(24-17)14-7-4-3-5-8-14/h3-5,7-8,10-11,13,15,21-22,24H,2,6,9,12H2,1H3. The van der Waals surface area contributed by atoms with E-state index in [4.69, 9.17) is 9.47 Å². The van der Waals surface area contributed by atoms with Crippen molar-refractivity contribution in [2.75, 3.05) is 18.5 Å². The molecule has 4 nitrogen and oxygen atoms in total. The highest BCUT2D eigenvalue weighted by atomic mass is 32.1. The van der Waals surface area contributed by atoms with Crippen molar-refractivity contribution in [1.82, 2.24) is 0 Å². The molecule has 0 aliphatic carbocycles. The van der Waals surface area contributed by atoms with Crippen molar-refractivity contribution in [3.05, 3.63) is 64.5 Å². The number of carbonyl (C=O) groups excluding carboxylic acids is 1. The first-order chi connectivity index (χ1) is 13.8. The summed E-state index contributed by atoms with van der Waals surface area (Å²) in [4.78, 5) is 12.9. The number of nitrogens with one attached hydrogen (secondary N) is 1. The first kappa shape index (κ1) is 17.7. The summed E-state index contributed by atoms with van der Waals surface area (Å²) in [5.74, 6) is 0.129. The second-order valence-corrected chi connectivity index (χ2v) is 8.48. The van der Waals surface area contributed by atoms with Crippen LogP contribution < -0.4 is 5.32 Å². The van der Waals surface area contributed by atoms with E-state index >= 15 is 0 Å². The highest BCUT2D eigenvalue weighted by molar-refractivity contribution is 7.20. The first-order valence-corrected chi connectivity index (χ1v) is 10.7. The predicted octanol–water partition coefficient (Wildman–Crippen LogP) is 5.71. The number of hydrogen-bond donors (Lipinski definition) is 1. The number of esters is 1. The third kappa shape index (κ3) is 2.90. The molecule has 144 valence electrons. The molecule has 5 rings (SSSR count). The van der Waals surface area contributed by atoms with Crippen LogP contribution in [0.5, 0.6) is 0 Å². The van der Waals surface area contributed by atoms with Gasteiger partial charge in [-0.05, 0) is 43.5 Å². The van der Waals surface area contributed by atoms with Crippen LogP contribution in [0.2, 0.25) is 0 Å². The van der Waals surface area contributed by atoms with E-state index in [1.165, 1.54) is 22.5 Å². The van der Waals surface area contributed by atoms with Gasteiger partial charge < -0.3 is 14.8 Å². The van der Waals surface area contributed by atoms with E-state index in [-0.39, 0.29) is 18.1 Å². The molecule has 2 aliphatic rings. The highest BCUT2D eigenvalue weighted by Gasteiger charge is 2.40. The maximum absolute atomic E-state index is 12.2. The van der Waals surface area contributed by atoms with Crippen molar-refractivity contribution in [2.24, 2.45) is 5.92 Å². The van der Waals surface area contributed by atoms with Crippen LogP contribution in [0.1, 0.15) is 52.7 Å². The summed E-state index contributed by atoms with van der Waals surface area (Å²) >= 11 is 1.50. The summed E-state index contributed by atoms with van der Waals surface area (Å²) in [6.45, 7) is 3.01. The van der Waals surface area contributed by atoms with E-state index in [1.807, 2.05) is 13.0 Å². The molecule has 28 heavy (non-hydrogen) atoms. The van der Waals surface area contributed by atoms with Crippen LogP contribution in [0.25, 0.3) is 10.1 Å². The lowest BCUT2D eigenvalue weighted by Crippen LogP contribution is -2.36. The molecule has 1 aromatic heterocycles. The molecule has 1 fully saturated rings. The topological polar surface area (TPSA) is 47.6 Å². The van der Waals surface area contributed by atoms with Crippen molar-refractivity contribution in [2.45, 2.75) is 31.9 Å². The van der Waals surface area contributed by atoms with E-state index in [0.29, 0.717) is 17.4 Å². The molecule has 3 heterocycles. The van der Waals surface area contributed by atoms with Crippen LogP contribution in [-0.2, 0) is 9.47 Å². The van der Waals surface area contributed by atoms with Gasteiger partial charge in [0.25, 0.3) is 0 Å². The van der Waals surface area contributed by atoms with Gasteiger partial charge in [0.05, 0.1) is 18.8 Å². The predicted molar refractivity (Wildman–Crippen MR) is 112 cm³/mol. The first-order valence-electron chi connectivity index (χ1n) is 9.93. The lowest BCUT2D eigenvalue weighted by molar-refractivity contribution is -0.0372. The molecule has 1 saturated heterocycles. The number of fused-ring (bicyclic) bond motifs is 5.